The van der Waals surface area contributed by atoms with Gasteiger partial charge in [0.1, 0.15) is 11.5 Å². The van der Waals surface area contributed by atoms with E-state index in [0.29, 0.717) is 44.7 Å². The van der Waals surface area contributed by atoms with Crippen molar-refractivity contribution in [1.82, 2.24) is 15.1 Å². The molecular formula is C30H26Cl2F3N3O2. The molecule has 0 atom stereocenters. The zero-order chi connectivity index (χ0) is 27.7. The third-order valence-corrected chi connectivity index (χ3v) is 9.69. The standard InChI is InChI=1S/C30H26Cl2F3N3O2/c31-21-14-36-15-22(32)25(21)26-20(27(40-38-26)18-1-2-18)16-39-29-10-7-28(8-11-29,9-12-29)24-6-4-17-3-5-19(30(33,34)35)13-23(17)37-24/h3-6,13-15,18H,1-2,7-12,16H2. The van der Waals surface area contributed by atoms with E-state index in [1.54, 1.807) is 12.4 Å². The van der Waals surface area contributed by atoms with Crippen molar-refractivity contribution in [2.45, 2.75) is 81.1 Å². The lowest BCUT2D eigenvalue weighted by molar-refractivity contribution is -0.137. The van der Waals surface area contributed by atoms with Gasteiger partial charge < -0.3 is 9.26 Å². The summed E-state index contributed by atoms with van der Waals surface area (Å²) in [6, 6.07) is 7.64. The fraction of sp³-hybridized carbons (Fsp3) is 0.433. The quantitative estimate of drug-likeness (QED) is 0.225. The minimum atomic E-state index is -4.39. The number of hydrogen-bond donors (Lipinski definition) is 0. The van der Waals surface area contributed by atoms with Gasteiger partial charge in [0, 0.05) is 45.9 Å². The number of nitrogens with zero attached hydrogens (tertiary/aromatic N) is 3. The third-order valence-electron chi connectivity index (χ3n) is 9.12. The van der Waals surface area contributed by atoms with E-state index in [1.807, 2.05) is 12.1 Å². The van der Waals surface area contributed by atoms with E-state index in [9.17, 15) is 13.2 Å². The molecule has 10 heteroatoms. The summed E-state index contributed by atoms with van der Waals surface area (Å²) < 4.78 is 52.4. The summed E-state index contributed by atoms with van der Waals surface area (Å²) in [5.41, 5.74) is 2.29. The monoisotopic (exact) mass is 587 g/mol. The van der Waals surface area contributed by atoms with Crippen LogP contribution in [0.25, 0.3) is 22.2 Å². The number of ether oxygens (including phenoxy) is 1. The topological polar surface area (TPSA) is 61.0 Å². The largest absolute Gasteiger partial charge is 0.416 e. The molecule has 3 aromatic heterocycles. The Kier molecular flexibility index (Phi) is 6.18. The highest BCUT2D eigenvalue weighted by molar-refractivity contribution is 6.38. The molecule has 5 nitrogen and oxygen atoms in total. The number of fused-ring (bicyclic) bond motifs is 4. The minimum Gasteiger partial charge on any atom is -0.370 e. The molecule has 4 aromatic rings. The van der Waals surface area contributed by atoms with Crippen LogP contribution < -0.4 is 0 Å². The maximum absolute atomic E-state index is 13.3. The molecule has 0 radical (unpaired) electrons. The molecule has 1 aromatic carbocycles. The summed E-state index contributed by atoms with van der Waals surface area (Å²) in [6.07, 6.45) is 5.98. The Morgan fingerprint density at radius 2 is 1.62 bits per heavy atom. The Balaban J connectivity index is 1.12. The molecule has 0 amide bonds. The zero-order valence-corrected chi connectivity index (χ0v) is 23.0. The van der Waals surface area contributed by atoms with Crippen molar-refractivity contribution in [3.63, 3.8) is 0 Å². The van der Waals surface area contributed by atoms with Crippen LogP contribution in [-0.4, -0.2) is 20.7 Å². The number of rotatable bonds is 6. The van der Waals surface area contributed by atoms with Crippen molar-refractivity contribution < 1.29 is 22.4 Å². The second-order valence-electron chi connectivity index (χ2n) is 11.5. The van der Waals surface area contributed by atoms with Crippen molar-refractivity contribution in [2.24, 2.45) is 0 Å². The average Bonchev–Trinajstić information content (AvgIpc) is 3.71. The van der Waals surface area contributed by atoms with E-state index in [2.05, 4.69) is 10.1 Å². The lowest BCUT2D eigenvalue weighted by Crippen LogP contribution is -2.50. The van der Waals surface area contributed by atoms with Crippen LogP contribution in [0, 0.1) is 0 Å². The smallest absolute Gasteiger partial charge is 0.370 e. The number of benzene rings is 1. The van der Waals surface area contributed by atoms with E-state index in [0.717, 1.165) is 80.5 Å². The normalized spacial score (nSPS) is 24.6. The zero-order valence-electron chi connectivity index (χ0n) is 21.5. The van der Waals surface area contributed by atoms with Crippen LogP contribution in [0.3, 0.4) is 0 Å². The minimum absolute atomic E-state index is 0.146. The van der Waals surface area contributed by atoms with Crippen molar-refractivity contribution in [3.05, 3.63) is 75.4 Å². The molecule has 40 heavy (non-hydrogen) atoms. The van der Waals surface area contributed by atoms with Gasteiger partial charge >= 0.3 is 6.18 Å². The SMILES string of the molecule is FC(F)(F)c1ccc2ccc(C34CCC(OCc5c(-c6c(Cl)cncc6Cl)noc5C5CC5)(CC3)CC4)nc2c1. The molecule has 0 N–H and O–H groups in total. The molecular weight excluding hydrogens is 562 g/mol. The summed E-state index contributed by atoms with van der Waals surface area (Å²) in [4.78, 5) is 8.82. The number of halogens is 5. The molecule has 4 saturated carbocycles. The fourth-order valence-corrected chi connectivity index (χ4v) is 7.07. The van der Waals surface area contributed by atoms with Gasteiger partial charge in [0.25, 0.3) is 0 Å². The predicted octanol–water partition coefficient (Wildman–Crippen LogP) is 9.05. The molecule has 4 fully saturated rings. The van der Waals surface area contributed by atoms with Gasteiger partial charge in [-0.3, -0.25) is 9.97 Å². The fourth-order valence-electron chi connectivity index (χ4n) is 6.53. The van der Waals surface area contributed by atoms with Crippen molar-refractivity contribution in [2.75, 3.05) is 0 Å². The van der Waals surface area contributed by atoms with Gasteiger partial charge in [0.2, 0.25) is 0 Å². The van der Waals surface area contributed by atoms with Crippen LogP contribution in [-0.2, 0) is 22.9 Å². The Morgan fingerprint density at radius 1 is 0.950 bits per heavy atom. The summed E-state index contributed by atoms with van der Waals surface area (Å²) in [5.74, 6) is 1.17. The summed E-state index contributed by atoms with van der Waals surface area (Å²) in [5, 5.41) is 5.89. The van der Waals surface area contributed by atoms with E-state index >= 15 is 0 Å². The summed E-state index contributed by atoms with van der Waals surface area (Å²) in [6.45, 7) is 0.348. The third kappa shape index (κ3) is 4.48. The predicted molar refractivity (Wildman–Crippen MR) is 145 cm³/mol. The molecule has 2 bridgehead atoms. The van der Waals surface area contributed by atoms with Crippen molar-refractivity contribution in [3.8, 4) is 11.3 Å². The number of hydrogen-bond acceptors (Lipinski definition) is 5. The van der Waals surface area contributed by atoms with Crippen LogP contribution in [0.1, 0.15) is 79.9 Å². The van der Waals surface area contributed by atoms with Gasteiger partial charge in [-0.15, -0.1) is 0 Å². The van der Waals surface area contributed by atoms with Gasteiger partial charge in [0.15, 0.2) is 0 Å². The van der Waals surface area contributed by atoms with Gasteiger partial charge in [-0.05, 0) is 69.6 Å². The summed E-state index contributed by atoms with van der Waals surface area (Å²) >= 11 is 12.9. The van der Waals surface area contributed by atoms with Gasteiger partial charge in [-0.25, -0.2) is 0 Å². The second kappa shape index (κ2) is 9.43. The Labute approximate surface area is 239 Å². The first-order valence-corrected chi connectivity index (χ1v) is 14.3. The van der Waals surface area contributed by atoms with Gasteiger partial charge in [-0.2, -0.15) is 13.2 Å². The average molecular weight is 588 g/mol. The molecule has 0 spiro atoms. The first kappa shape index (κ1) is 26.2. The molecule has 0 unspecified atom stereocenters. The molecule has 0 aliphatic heterocycles. The Bertz CT molecular complexity index is 1570. The van der Waals surface area contributed by atoms with E-state index in [4.69, 9.17) is 37.4 Å². The maximum atomic E-state index is 13.3. The first-order chi connectivity index (χ1) is 19.2. The van der Waals surface area contributed by atoms with Gasteiger partial charge in [-0.1, -0.05) is 40.5 Å². The molecule has 208 valence electrons. The number of alkyl halides is 3. The first-order valence-electron chi connectivity index (χ1n) is 13.6. The Hall–Kier alpha value is -2.68. The highest BCUT2D eigenvalue weighted by Gasteiger charge is 2.51. The highest BCUT2D eigenvalue weighted by Crippen LogP contribution is 2.55. The van der Waals surface area contributed by atoms with Crippen LogP contribution in [0.5, 0.6) is 0 Å². The van der Waals surface area contributed by atoms with E-state index in [-0.39, 0.29) is 11.0 Å². The number of aromatic nitrogens is 3. The van der Waals surface area contributed by atoms with Crippen molar-refractivity contribution >= 4 is 34.1 Å². The second-order valence-corrected chi connectivity index (χ2v) is 12.3. The Morgan fingerprint density at radius 3 is 2.27 bits per heavy atom. The van der Waals surface area contributed by atoms with Crippen LogP contribution >= 0.6 is 23.2 Å². The van der Waals surface area contributed by atoms with Gasteiger partial charge in [0.05, 0.1) is 33.3 Å². The molecule has 4 aliphatic carbocycles. The van der Waals surface area contributed by atoms with Crippen LogP contribution in [0.15, 0.2) is 47.2 Å². The molecule has 0 saturated heterocycles. The van der Waals surface area contributed by atoms with Crippen LogP contribution in [0.4, 0.5) is 13.2 Å². The number of pyridine rings is 2. The van der Waals surface area contributed by atoms with E-state index < -0.39 is 11.7 Å². The molecule has 3 heterocycles. The van der Waals surface area contributed by atoms with Crippen LogP contribution in [0.2, 0.25) is 10.0 Å². The van der Waals surface area contributed by atoms with E-state index in [1.165, 1.54) is 6.07 Å². The lowest BCUT2D eigenvalue weighted by atomic mass is 9.57. The molecule has 4 aliphatic rings. The summed E-state index contributed by atoms with van der Waals surface area (Å²) in [7, 11) is 0. The lowest BCUT2D eigenvalue weighted by Gasteiger charge is -2.52. The maximum Gasteiger partial charge on any atom is 0.416 e. The highest BCUT2D eigenvalue weighted by atomic mass is 35.5. The molecule has 8 rings (SSSR count). The van der Waals surface area contributed by atoms with Crippen molar-refractivity contribution in [1.29, 1.82) is 0 Å².